The summed E-state index contributed by atoms with van der Waals surface area (Å²) in [4.78, 5) is 11.6. The highest BCUT2D eigenvalue weighted by Gasteiger charge is 2.34. The van der Waals surface area contributed by atoms with Crippen molar-refractivity contribution in [2.75, 3.05) is 13.7 Å². The fourth-order valence-electron chi connectivity index (χ4n) is 1.73. The molecule has 88 valence electrons. The van der Waals surface area contributed by atoms with Gasteiger partial charge >= 0.3 is 0 Å². The van der Waals surface area contributed by atoms with E-state index in [1.165, 1.54) is 0 Å². The number of nitrogens with one attached hydrogen (secondary N) is 1. The molecule has 0 saturated heterocycles. The monoisotopic (exact) mass is 222 g/mol. The smallest absolute Gasteiger partial charge is 0.242 e. The standard InChI is InChI=1S/C12H18N2O2/c1-4-14-12(2,11(13)15)9-7-5-6-8-10(9)16-3/h5-8,14H,4H2,1-3H3,(H2,13,15). The van der Waals surface area contributed by atoms with Gasteiger partial charge in [-0.3, -0.25) is 4.79 Å². The van der Waals surface area contributed by atoms with Crippen LogP contribution in [0.4, 0.5) is 0 Å². The Kier molecular flexibility index (Phi) is 3.90. The number of hydrogen-bond acceptors (Lipinski definition) is 3. The maximum Gasteiger partial charge on any atom is 0.242 e. The third kappa shape index (κ3) is 2.17. The number of carbonyl (C=O) groups is 1. The lowest BCUT2D eigenvalue weighted by atomic mass is 9.90. The number of amides is 1. The van der Waals surface area contributed by atoms with Gasteiger partial charge in [-0.25, -0.2) is 0 Å². The zero-order chi connectivity index (χ0) is 12.2. The van der Waals surface area contributed by atoms with Gasteiger partial charge in [0.15, 0.2) is 0 Å². The molecule has 0 bridgehead atoms. The molecule has 1 amide bonds. The Morgan fingerprint density at radius 3 is 2.62 bits per heavy atom. The summed E-state index contributed by atoms with van der Waals surface area (Å²) >= 11 is 0. The van der Waals surface area contributed by atoms with Crippen LogP contribution in [0.3, 0.4) is 0 Å². The molecule has 1 aromatic rings. The average molecular weight is 222 g/mol. The second-order valence-electron chi connectivity index (χ2n) is 3.72. The van der Waals surface area contributed by atoms with Gasteiger partial charge in [-0.1, -0.05) is 25.1 Å². The lowest BCUT2D eigenvalue weighted by molar-refractivity contribution is -0.124. The molecule has 0 spiro atoms. The second kappa shape index (κ2) is 4.99. The highest BCUT2D eigenvalue weighted by molar-refractivity contribution is 5.86. The van der Waals surface area contributed by atoms with Crippen LogP contribution in [0.25, 0.3) is 0 Å². The van der Waals surface area contributed by atoms with Crippen LogP contribution in [-0.2, 0) is 10.3 Å². The van der Waals surface area contributed by atoms with E-state index in [9.17, 15) is 4.79 Å². The molecule has 1 rings (SSSR count). The normalized spacial score (nSPS) is 14.2. The maximum atomic E-state index is 11.6. The fourth-order valence-corrected chi connectivity index (χ4v) is 1.73. The van der Waals surface area contributed by atoms with E-state index < -0.39 is 11.4 Å². The highest BCUT2D eigenvalue weighted by atomic mass is 16.5. The van der Waals surface area contributed by atoms with Crippen LogP contribution >= 0.6 is 0 Å². The lowest BCUT2D eigenvalue weighted by Gasteiger charge is -2.28. The fraction of sp³-hybridized carbons (Fsp3) is 0.417. The van der Waals surface area contributed by atoms with Crippen LogP contribution in [-0.4, -0.2) is 19.6 Å². The molecular formula is C12H18N2O2. The number of benzene rings is 1. The van der Waals surface area contributed by atoms with Gasteiger partial charge in [0, 0.05) is 5.56 Å². The largest absolute Gasteiger partial charge is 0.496 e. The summed E-state index contributed by atoms with van der Waals surface area (Å²) in [6, 6.07) is 7.37. The van der Waals surface area contributed by atoms with Crippen molar-refractivity contribution < 1.29 is 9.53 Å². The van der Waals surface area contributed by atoms with Gasteiger partial charge in [0.25, 0.3) is 0 Å². The predicted molar refractivity (Wildman–Crippen MR) is 63.2 cm³/mol. The van der Waals surface area contributed by atoms with Gasteiger partial charge in [-0.05, 0) is 19.5 Å². The predicted octanol–water partition coefficient (Wildman–Crippen LogP) is 1.01. The zero-order valence-electron chi connectivity index (χ0n) is 9.91. The first-order chi connectivity index (χ1) is 7.56. The molecule has 1 unspecified atom stereocenters. The van der Waals surface area contributed by atoms with Crippen LogP contribution in [0.15, 0.2) is 24.3 Å². The Morgan fingerprint density at radius 2 is 2.12 bits per heavy atom. The number of nitrogens with two attached hydrogens (primary N) is 1. The molecule has 1 atom stereocenters. The Morgan fingerprint density at radius 1 is 1.50 bits per heavy atom. The number of para-hydroxylation sites is 1. The Hall–Kier alpha value is -1.55. The van der Waals surface area contributed by atoms with Crippen molar-refractivity contribution in [2.45, 2.75) is 19.4 Å². The lowest BCUT2D eigenvalue weighted by Crippen LogP contribution is -2.50. The van der Waals surface area contributed by atoms with E-state index >= 15 is 0 Å². The van der Waals surface area contributed by atoms with Crippen LogP contribution in [0.2, 0.25) is 0 Å². The van der Waals surface area contributed by atoms with E-state index in [0.717, 1.165) is 5.56 Å². The maximum absolute atomic E-state index is 11.6. The first-order valence-electron chi connectivity index (χ1n) is 5.24. The van der Waals surface area contributed by atoms with Crippen molar-refractivity contribution in [3.05, 3.63) is 29.8 Å². The molecule has 4 nitrogen and oxygen atoms in total. The van der Waals surface area contributed by atoms with Gasteiger partial charge in [-0.2, -0.15) is 0 Å². The molecule has 0 radical (unpaired) electrons. The molecule has 0 aliphatic rings. The summed E-state index contributed by atoms with van der Waals surface area (Å²) in [7, 11) is 1.58. The molecule has 4 heteroatoms. The summed E-state index contributed by atoms with van der Waals surface area (Å²) < 4.78 is 5.24. The third-order valence-corrected chi connectivity index (χ3v) is 2.67. The summed E-state index contributed by atoms with van der Waals surface area (Å²) in [6.07, 6.45) is 0. The van der Waals surface area contributed by atoms with Crippen LogP contribution in [0, 0.1) is 0 Å². The van der Waals surface area contributed by atoms with Gasteiger partial charge in [-0.15, -0.1) is 0 Å². The van der Waals surface area contributed by atoms with Crippen molar-refractivity contribution in [3.63, 3.8) is 0 Å². The molecule has 0 aliphatic heterocycles. The SMILES string of the molecule is CCNC(C)(C(N)=O)c1ccccc1OC. The quantitative estimate of drug-likeness (QED) is 0.781. The minimum atomic E-state index is -0.901. The van der Waals surface area contributed by atoms with Crippen molar-refractivity contribution in [1.82, 2.24) is 5.32 Å². The van der Waals surface area contributed by atoms with Crippen LogP contribution < -0.4 is 15.8 Å². The third-order valence-electron chi connectivity index (χ3n) is 2.67. The molecule has 0 heterocycles. The highest BCUT2D eigenvalue weighted by Crippen LogP contribution is 2.29. The van der Waals surface area contributed by atoms with Gasteiger partial charge in [0.2, 0.25) is 5.91 Å². The summed E-state index contributed by atoms with van der Waals surface area (Å²) in [5.41, 5.74) is 5.31. The van der Waals surface area contributed by atoms with Crippen molar-refractivity contribution >= 4 is 5.91 Å². The minimum absolute atomic E-state index is 0.418. The van der Waals surface area contributed by atoms with Crippen molar-refractivity contribution in [3.8, 4) is 5.75 Å². The second-order valence-corrected chi connectivity index (χ2v) is 3.72. The molecule has 0 fully saturated rings. The molecule has 3 N–H and O–H groups in total. The number of rotatable bonds is 5. The van der Waals surface area contributed by atoms with E-state index in [0.29, 0.717) is 12.3 Å². The number of methoxy groups -OCH3 is 1. The molecular weight excluding hydrogens is 204 g/mol. The number of ether oxygens (including phenoxy) is 1. The van der Waals surface area contributed by atoms with E-state index in [4.69, 9.17) is 10.5 Å². The Balaban J connectivity index is 3.25. The minimum Gasteiger partial charge on any atom is -0.496 e. The van der Waals surface area contributed by atoms with Gasteiger partial charge < -0.3 is 15.8 Å². The number of carbonyl (C=O) groups excluding carboxylic acids is 1. The number of hydrogen-bond donors (Lipinski definition) is 2. The molecule has 0 aromatic heterocycles. The van der Waals surface area contributed by atoms with Gasteiger partial charge in [0.1, 0.15) is 11.3 Å². The van der Waals surface area contributed by atoms with E-state index in [1.54, 1.807) is 14.0 Å². The van der Waals surface area contributed by atoms with E-state index in [1.807, 2.05) is 31.2 Å². The molecule has 0 aliphatic carbocycles. The molecule has 16 heavy (non-hydrogen) atoms. The zero-order valence-corrected chi connectivity index (χ0v) is 9.91. The summed E-state index contributed by atoms with van der Waals surface area (Å²) in [5.74, 6) is 0.239. The first-order valence-corrected chi connectivity index (χ1v) is 5.24. The molecule has 0 saturated carbocycles. The van der Waals surface area contributed by atoms with Crippen molar-refractivity contribution in [1.29, 1.82) is 0 Å². The Labute approximate surface area is 95.8 Å². The number of likely N-dealkylation sites (N-methyl/N-ethyl adjacent to an activating group) is 1. The topological polar surface area (TPSA) is 64.3 Å². The summed E-state index contributed by atoms with van der Waals surface area (Å²) in [5, 5.41) is 3.09. The Bertz CT molecular complexity index is 379. The van der Waals surface area contributed by atoms with Crippen molar-refractivity contribution in [2.24, 2.45) is 5.73 Å². The molecule has 1 aromatic carbocycles. The van der Waals surface area contributed by atoms with E-state index in [2.05, 4.69) is 5.32 Å². The van der Waals surface area contributed by atoms with Crippen LogP contribution in [0.5, 0.6) is 5.75 Å². The summed E-state index contributed by atoms with van der Waals surface area (Å²) in [6.45, 7) is 4.34. The van der Waals surface area contributed by atoms with Gasteiger partial charge in [0.05, 0.1) is 7.11 Å². The first kappa shape index (κ1) is 12.5. The average Bonchev–Trinajstić information content (AvgIpc) is 2.29. The van der Waals surface area contributed by atoms with Crippen LogP contribution in [0.1, 0.15) is 19.4 Å². The van der Waals surface area contributed by atoms with E-state index in [-0.39, 0.29) is 0 Å². The number of primary amides is 1.